The molecule has 38 heavy (non-hydrogen) atoms. The highest BCUT2D eigenvalue weighted by atomic mass is 35.5. The number of aromatic nitrogens is 1. The Bertz CT molecular complexity index is 1800. The third-order valence-corrected chi connectivity index (χ3v) is 7.46. The number of benzene rings is 2. The molecule has 0 unspecified atom stereocenters. The summed E-state index contributed by atoms with van der Waals surface area (Å²) < 4.78 is 24.3. The van der Waals surface area contributed by atoms with Crippen molar-refractivity contribution in [2.75, 3.05) is 13.4 Å². The summed E-state index contributed by atoms with van der Waals surface area (Å²) in [7, 11) is 0. The minimum Gasteiger partial charge on any atom is -0.463 e. The van der Waals surface area contributed by atoms with Crippen LogP contribution in [0.25, 0.3) is 17.4 Å². The fourth-order valence-corrected chi connectivity index (χ4v) is 5.76. The van der Waals surface area contributed by atoms with Gasteiger partial charge in [-0.05, 0) is 55.8 Å². The molecule has 2 aliphatic rings. The third kappa shape index (κ3) is 4.23. The largest absolute Gasteiger partial charge is 0.463 e. The van der Waals surface area contributed by atoms with Crippen LogP contribution in [0.4, 0.5) is 0 Å². The summed E-state index contributed by atoms with van der Waals surface area (Å²) in [6.45, 7) is 3.79. The maximum atomic E-state index is 13.8. The number of allylic oxidation sites excluding steroid dienone is 1. The van der Waals surface area contributed by atoms with Gasteiger partial charge in [0, 0.05) is 16.7 Å². The minimum atomic E-state index is -0.749. The fourth-order valence-electron chi connectivity index (χ4n) is 4.55. The van der Waals surface area contributed by atoms with Gasteiger partial charge >= 0.3 is 5.97 Å². The zero-order chi connectivity index (χ0) is 26.4. The van der Waals surface area contributed by atoms with Crippen molar-refractivity contribution in [1.29, 1.82) is 0 Å². The van der Waals surface area contributed by atoms with Gasteiger partial charge in [-0.1, -0.05) is 41.1 Å². The number of carbonyl (C=O) groups excluding carboxylic acids is 1. The molecule has 0 N–H and O–H groups in total. The standard InChI is InChI=1S/C28H21ClN2O6S/c1-3-34-27(33)24-15(2)30-28-31(25(24)17-7-9-21-22(12-17)36-14-35-21)26(32)23(38-28)13-19-8-10-20(37-19)16-5-4-6-18(29)11-16/h4-13,25H,3,14H2,1-2H3/t25-/m0/s1. The zero-order valence-electron chi connectivity index (χ0n) is 20.4. The van der Waals surface area contributed by atoms with E-state index in [1.165, 1.54) is 15.9 Å². The highest BCUT2D eigenvalue weighted by Gasteiger charge is 2.34. The number of thiazole rings is 1. The van der Waals surface area contributed by atoms with E-state index in [9.17, 15) is 9.59 Å². The van der Waals surface area contributed by atoms with Gasteiger partial charge in [0.25, 0.3) is 5.56 Å². The van der Waals surface area contributed by atoms with Gasteiger partial charge in [0.15, 0.2) is 16.3 Å². The van der Waals surface area contributed by atoms with Gasteiger partial charge in [-0.25, -0.2) is 9.79 Å². The molecule has 0 fully saturated rings. The lowest BCUT2D eigenvalue weighted by Crippen LogP contribution is -2.39. The van der Waals surface area contributed by atoms with Crippen LogP contribution in [0.2, 0.25) is 5.02 Å². The van der Waals surface area contributed by atoms with E-state index in [1.807, 2.05) is 30.3 Å². The molecule has 2 aromatic carbocycles. The molecule has 0 amide bonds. The number of nitrogens with zero attached hydrogens (tertiary/aromatic N) is 2. The van der Waals surface area contributed by atoms with Crippen LogP contribution < -0.4 is 24.4 Å². The summed E-state index contributed by atoms with van der Waals surface area (Å²) in [6.07, 6.45) is 1.68. The van der Waals surface area contributed by atoms with Crippen molar-refractivity contribution in [3.63, 3.8) is 0 Å². The Hall–Kier alpha value is -4.08. The average molecular weight is 549 g/mol. The van der Waals surface area contributed by atoms with Crippen LogP contribution >= 0.6 is 22.9 Å². The molecule has 0 spiro atoms. The van der Waals surface area contributed by atoms with Crippen LogP contribution in [0, 0.1) is 0 Å². The van der Waals surface area contributed by atoms with E-state index in [4.69, 9.17) is 30.2 Å². The van der Waals surface area contributed by atoms with Crippen molar-refractivity contribution in [2.45, 2.75) is 19.9 Å². The Morgan fingerprint density at radius 3 is 2.84 bits per heavy atom. The van der Waals surface area contributed by atoms with Gasteiger partial charge < -0.3 is 18.6 Å². The Morgan fingerprint density at radius 2 is 2.03 bits per heavy atom. The zero-order valence-corrected chi connectivity index (χ0v) is 22.0. The number of fused-ring (bicyclic) bond motifs is 2. The third-order valence-electron chi connectivity index (χ3n) is 6.24. The van der Waals surface area contributed by atoms with Crippen LogP contribution in [0.5, 0.6) is 11.5 Å². The molecule has 4 aromatic rings. The highest BCUT2D eigenvalue weighted by molar-refractivity contribution is 7.07. The van der Waals surface area contributed by atoms with E-state index in [1.54, 1.807) is 44.2 Å². The van der Waals surface area contributed by atoms with Gasteiger partial charge in [0.2, 0.25) is 6.79 Å². The second kappa shape index (κ2) is 9.66. The van der Waals surface area contributed by atoms with Crippen LogP contribution in [0.3, 0.4) is 0 Å². The SMILES string of the molecule is CCOC(=O)C1=C(C)N=c2sc(=Cc3ccc(-c4cccc(Cl)c4)o3)c(=O)n2[C@H]1c1ccc2c(c1)OCO2. The Kier molecular flexibility index (Phi) is 6.17. The fraction of sp³-hybridized carbons (Fsp3) is 0.179. The van der Waals surface area contributed by atoms with Crippen molar-refractivity contribution in [1.82, 2.24) is 4.57 Å². The van der Waals surface area contributed by atoms with E-state index < -0.39 is 12.0 Å². The molecule has 0 saturated carbocycles. The first-order chi connectivity index (χ1) is 18.4. The second-order valence-corrected chi connectivity index (χ2v) is 10.1. The highest BCUT2D eigenvalue weighted by Crippen LogP contribution is 2.38. The predicted molar refractivity (Wildman–Crippen MR) is 142 cm³/mol. The summed E-state index contributed by atoms with van der Waals surface area (Å²) >= 11 is 7.34. The molecule has 10 heteroatoms. The summed E-state index contributed by atoms with van der Waals surface area (Å²) in [6, 6.07) is 15.6. The van der Waals surface area contributed by atoms with Gasteiger partial charge in [-0.3, -0.25) is 9.36 Å². The van der Waals surface area contributed by atoms with Crippen molar-refractivity contribution in [3.05, 3.63) is 102 Å². The Labute approximate surface area is 225 Å². The lowest BCUT2D eigenvalue weighted by Gasteiger charge is -2.24. The second-order valence-electron chi connectivity index (χ2n) is 8.63. The minimum absolute atomic E-state index is 0.113. The van der Waals surface area contributed by atoms with Crippen molar-refractivity contribution in [3.8, 4) is 22.8 Å². The van der Waals surface area contributed by atoms with Gasteiger partial charge in [0.05, 0.1) is 28.5 Å². The molecule has 6 rings (SSSR count). The normalized spacial score (nSPS) is 16.4. The number of carbonyl (C=O) groups is 1. The molecule has 2 aromatic heterocycles. The molecular formula is C28H21ClN2O6S. The van der Waals surface area contributed by atoms with Crippen molar-refractivity contribution in [2.24, 2.45) is 4.99 Å². The summed E-state index contributed by atoms with van der Waals surface area (Å²) in [4.78, 5) is 31.9. The summed E-state index contributed by atoms with van der Waals surface area (Å²) in [5.41, 5.74) is 1.99. The molecule has 4 heterocycles. The molecule has 0 aliphatic carbocycles. The summed E-state index contributed by atoms with van der Waals surface area (Å²) in [5, 5.41) is 0.602. The predicted octanol–water partition coefficient (Wildman–Crippen LogP) is 4.44. The van der Waals surface area contributed by atoms with E-state index in [2.05, 4.69) is 4.99 Å². The number of hydrogen-bond donors (Lipinski definition) is 0. The monoisotopic (exact) mass is 548 g/mol. The molecule has 2 aliphatic heterocycles. The number of ether oxygens (including phenoxy) is 3. The Balaban J connectivity index is 1.48. The number of hydrogen-bond acceptors (Lipinski definition) is 8. The van der Waals surface area contributed by atoms with Gasteiger partial charge in [0.1, 0.15) is 11.5 Å². The van der Waals surface area contributed by atoms with Crippen LogP contribution in [-0.2, 0) is 9.53 Å². The molecule has 0 radical (unpaired) electrons. The van der Waals surface area contributed by atoms with Gasteiger partial charge in [-0.15, -0.1) is 0 Å². The molecule has 0 bridgehead atoms. The van der Waals surface area contributed by atoms with E-state index in [-0.39, 0.29) is 19.0 Å². The van der Waals surface area contributed by atoms with Crippen LogP contribution in [0.1, 0.15) is 31.2 Å². The lowest BCUT2D eigenvalue weighted by atomic mass is 9.95. The molecule has 192 valence electrons. The smallest absolute Gasteiger partial charge is 0.338 e. The van der Waals surface area contributed by atoms with E-state index in [0.717, 1.165) is 5.56 Å². The maximum absolute atomic E-state index is 13.8. The van der Waals surface area contributed by atoms with E-state index in [0.29, 0.717) is 54.2 Å². The maximum Gasteiger partial charge on any atom is 0.338 e. The summed E-state index contributed by atoms with van der Waals surface area (Å²) in [5.74, 6) is 1.76. The quantitative estimate of drug-likeness (QED) is 0.342. The molecule has 0 saturated heterocycles. The Morgan fingerprint density at radius 1 is 1.18 bits per heavy atom. The lowest BCUT2D eigenvalue weighted by molar-refractivity contribution is -0.139. The van der Waals surface area contributed by atoms with Crippen LogP contribution in [-0.4, -0.2) is 23.9 Å². The molecule has 8 nitrogen and oxygen atoms in total. The molecular weight excluding hydrogens is 528 g/mol. The van der Waals surface area contributed by atoms with E-state index >= 15 is 0 Å². The van der Waals surface area contributed by atoms with Crippen molar-refractivity contribution < 1.29 is 23.4 Å². The average Bonchev–Trinajstić information content (AvgIpc) is 3.63. The first-order valence-corrected chi connectivity index (χ1v) is 13.1. The van der Waals surface area contributed by atoms with Gasteiger partial charge in [-0.2, -0.15) is 0 Å². The number of rotatable bonds is 5. The van der Waals surface area contributed by atoms with Crippen LogP contribution in [0.15, 0.2) is 80.1 Å². The topological polar surface area (TPSA) is 92.3 Å². The molecule has 1 atom stereocenters. The number of esters is 1. The number of furan rings is 1. The first-order valence-electron chi connectivity index (χ1n) is 11.9. The number of halogens is 1. The first kappa shape index (κ1) is 24.3. The van der Waals surface area contributed by atoms with Crippen molar-refractivity contribution >= 4 is 35.0 Å².